The molecule has 0 N–H and O–H groups in total. The summed E-state index contributed by atoms with van der Waals surface area (Å²) in [6.45, 7) is 11.8. The highest BCUT2D eigenvalue weighted by molar-refractivity contribution is 5.94. The molecule has 3 rings (SSSR count). The molecule has 0 aliphatic carbocycles. The molecule has 28 heavy (non-hydrogen) atoms. The van der Waals surface area contributed by atoms with Crippen molar-refractivity contribution in [2.45, 2.75) is 33.6 Å². The molecule has 0 bridgehead atoms. The first-order chi connectivity index (χ1) is 13.6. The van der Waals surface area contributed by atoms with Crippen molar-refractivity contribution in [3.8, 4) is 0 Å². The molecule has 5 nitrogen and oxygen atoms in total. The van der Waals surface area contributed by atoms with Crippen LogP contribution >= 0.6 is 0 Å². The number of rotatable bonds is 7. The van der Waals surface area contributed by atoms with Gasteiger partial charge in [0, 0.05) is 51.2 Å². The molecule has 2 heterocycles. The van der Waals surface area contributed by atoms with Gasteiger partial charge in [0.15, 0.2) is 0 Å². The van der Waals surface area contributed by atoms with Crippen LogP contribution in [0.3, 0.4) is 0 Å². The smallest absolute Gasteiger partial charge is 0.255 e. The summed E-state index contributed by atoms with van der Waals surface area (Å²) in [5, 5.41) is 0. The number of piperazine rings is 1. The second kappa shape index (κ2) is 9.58. The van der Waals surface area contributed by atoms with Gasteiger partial charge in [-0.2, -0.15) is 0 Å². The lowest BCUT2D eigenvalue weighted by Gasteiger charge is -2.37. The summed E-state index contributed by atoms with van der Waals surface area (Å²) < 4.78 is 0. The van der Waals surface area contributed by atoms with E-state index in [1.54, 1.807) is 6.20 Å². The van der Waals surface area contributed by atoms with E-state index in [-0.39, 0.29) is 5.91 Å². The predicted molar refractivity (Wildman–Crippen MR) is 116 cm³/mol. The van der Waals surface area contributed by atoms with Crippen LogP contribution in [-0.2, 0) is 0 Å². The van der Waals surface area contributed by atoms with E-state index < -0.39 is 0 Å². The quantitative estimate of drug-likeness (QED) is 0.728. The van der Waals surface area contributed by atoms with Crippen LogP contribution in [0.2, 0.25) is 0 Å². The van der Waals surface area contributed by atoms with E-state index in [9.17, 15) is 4.79 Å². The molecule has 0 atom stereocenters. The van der Waals surface area contributed by atoms with E-state index in [1.807, 2.05) is 17.2 Å². The second-order valence-electron chi connectivity index (χ2n) is 7.54. The van der Waals surface area contributed by atoms with Gasteiger partial charge in [-0.3, -0.25) is 9.78 Å². The van der Waals surface area contributed by atoms with Crippen LogP contribution in [0.1, 0.15) is 42.6 Å². The molecule has 1 saturated heterocycles. The Morgan fingerprint density at radius 1 is 0.964 bits per heavy atom. The molecule has 0 spiro atoms. The van der Waals surface area contributed by atoms with E-state index >= 15 is 0 Å². The Bertz CT molecular complexity index is 778. The normalized spacial score (nSPS) is 14.2. The molecule has 1 aromatic heterocycles. The van der Waals surface area contributed by atoms with Crippen LogP contribution in [0.5, 0.6) is 0 Å². The number of aromatic nitrogens is 1. The average Bonchev–Trinajstić information content (AvgIpc) is 2.73. The van der Waals surface area contributed by atoms with Crippen LogP contribution in [0.15, 0.2) is 42.7 Å². The molecule has 150 valence electrons. The molecule has 0 saturated carbocycles. The van der Waals surface area contributed by atoms with Gasteiger partial charge in [-0.25, -0.2) is 0 Å². The molecule has 1 fully saturated rings. The van der Waals surface area contributed by atoms with Gasteiger partial charge in [-0.15, -0.1) is 0 Å². The standard InChI is InChI=1S/C23H32N4O/c1-4-9-27(10-5-2)23(28)20-16-22(18-24-17-20)26-13-11-25(12-14-26)21-8-6-7-19(3)15-21/h6-8,15-18H,4-5,9-14H2,1-3H3. The number of aryl methyl sites for hydroxylation is 1. The van der Waals surface area contributed by atoms with E-state index in [0.717, 1.165) is 57.8 Å². The van der Waals surface area contributed by atoms with Crippen molar-refractivity contribution in [3.63, 3.8) is 0 Å². The first-order valence-electron chi connectivity index (χ1n) is 10.4. The maximum atomic E-state index is 12.9. The fourth-order valence-electron chi connectivity index (χ4n) is 3.80. The summed E-state index contributed by atoms with van der Waals surface area (Å²) in [5.41, 5.74) is 4.32. The minimum atomic E-state index is 0.0939. The van der Waals surface area contributed by atoms with E-state index in [4.69, 9.17) is 0 Å². The highest BCUT2D eigenvalue weighted by Gasteiger charge is 2.20. The summed E-state index contributed by atoms with van der Waals surface area (Å²) in [7, 11) is 0. The molecule has 0 radical (unpaired) electrons. The Morgan fingerprint density at radius 2 is 1.61 bits per heavy atom. The molecule has 1 amide bonds. The lowest BCUT2D eigenvalue weighted by atomic mass is 10.1. The zero-order chi connectivity index (χ0) is 19.9. The maximum absolute atomic E-state index is 12.9. The largest absolute Gasteiger partial charge is 0.368 e. The number of hydrogen-bond acceptors (Lipinski definition) is 4. The average molecular weight is 381 g/mol. The first-order valence-corrected chi connectivity index (χ1v) is 10.4. The molecule has 5 heteroatoms. The van der Waals surface area contributed by atoms with E-state index in [2.05, 4.69) is 59.8 Å². The molecule has 0 unspecified atom stereocenters. The van der Waals surface area contributed by atoms with Crippen molar-refractivity contribution in [2.75, 3.05) is 49.1 Å². The number of amides is 1. The maximum Gasteiger partial charge on any atom is 0.255 e. The van der Waals surface area contributed by atoms with Crippen molar-refractivity contribution in [2.24, 2.45) is 0 Å². The van der Waals surface area contributed by atoms with Crippen LogP contribution < -0.4 is 9.80 Å². The molecule has 1 aliphatic rings. The Morgan fingerprint density at radius 3 is 2.21 bits per heavy atom. The molecule has 1 aliphatic heterocycles. The SMILES string of the molecule is CCCN(CCC)C(=O)c1cncc(N2CCN(c3cccc(C)c3)CC2)c1. The van der Waals surface area contributed by atoms with Crippen molar-refractivity contribution in [1.82, 2.24) is 9.88 Å². The summed E-state index contributed by atoms with van der Waals surface area (Å²) >= 11 is 0. The minimum Gasteiger partial charge on any atom is -0.368 e. The second-order valence-corrected chi connectivity index (χ2v) is 7.54. The van der Waals surface area contributed by atoms with Gasteiger partial charge in [0.2, 0.25) is 0 Å². The fourth-order valence-corrected chi connectivity index (χ4v) is 3.80. The monoisotopic (exact) mass is 380 g/mol. The Kier molecular flexibility index (Phi) is 6.90. The van der Waals surface area contributed by atoms with Gasteiger partial charge in [0.05, 0.1) is 17.4 Å². The fraction of sp³-hybridized carbons (Fsp3) is 0.478. The van der Waals surface area contributed by atoms with Crippen molar-refractivity contribution in [1.29, 1.82) is 0 Å². The molecular weight excluding hydrogens is 348 g/mol. The minimum absolute atomic E-state index is 0.0939. The van der Waals surface area contributed by atoms with Gasteiger partial charge in [-0.05, 0) is 43.5 Å². The highest BCUT2D eigenvalue weighted by Crippen LogP contribution is 2.22. The Balaban J connectivity index is 1.67. The first kappa shape index (κ1) is 20.2. The van der Waals surface area contributed by atoms with Crippen molar-refractivity contribution in [3.05, 3.63) is 53.9 Å². The third-order valence-electron chi connectivity index (χ3n) is 5.26. The predicted octanol–water partition coefficient (Wildman–Crippen LogP) is 3.98. The van der Waals surface area contributed by atoms with Crippen molar-refractivity contribution < 1.29 is 4.79 Å². The number of nitrogens with zero attached hydrogens (tertiary/aromatic N) is 4. The Labute approximate surface area is 169 Å². The van der Waals surface area contributed by atoms with E-state index in [1.165, 1.54) is 11.3 Å². The van der Waals surface area contributed by atoms with Gasteiger partial charge in [0.1, 0.15) is 0 Å². The van der Waals surface area contributed by atoms with Gasteiger partial charge in [-0.1, -0.05) is 26.0 Å². The highest BCUT2D eigenvalue weighted by atomic mass is 16.2. The van der Waals surface area contributed by atoms with Crippen LogP contribution in [0.4, 0.5) is 11.4 Å². The number of benzene rings is 1. The molecular formula is C23H32N4O. The topological polar surface area (TPSA) is 39.7 Å². The number of anilines is 2. The summed E-state index contributed by atoms with van der Waals surface area (Å²) in [5.74, 6) is 0.0939. The van der Waals surface area contributed by atoms with Crippen LogP contribution in [0, 0.1) is 6.92 Å². The summed E-state index contributed by atoms with van der Waals surface area (Å²) in [4.78, 5) is 24.0. The van der Waals surface area contributed by atoms with Crippen LogP contribution in [0.25, 0.3) is 0 Å². The lowest BCUT2D eigenvalue weighted by molar-refractivity contribution is 0.0755. The van der Waals surface area contributed by atoms with Gasteiger partial charge < -0.3 is 14.7 Å². The molecule has 1 aromatic carbocycles. The third-order valence-corrected chi connectivity index (χ3v) is 5.26. The third kappa shape index (κ3) is 4.83. The number of carbonyl (C=O) groups excluding carboxylic acids is 1. The summed E-state index contributed by atoms with van der Waals surface area (Å²) in [6, 6.07) is 10.7. The number of hydrogen-bond donors (Lipinski definition) is 0. The lowest BCUT2D eigenvalue weighted by Crippen LogP contribution is -2.46. The van der Waals surface area contributed by atoms with Gasteiger partial charge >= 0.3 is 0 Å². The zero-order valence-corrected chi connectivity index (χ0v) is 17.4. The van der Waals surface area contributed by atoms with Crippen molar-refractivity contribution >= 4 is 17.3 Å². The molecule has 2 aromatic rings. The number of pyridine rings is 1. The Hall–Kier alpha value is -2.56. The zero-order valence-electron chi connectivity index (χ0n) is 17.4. The number of carbonyl (C=O) groups is 1. The van der Waals surface area contributed by atoms with Gasteiger partial charge in [0.25, 0.3) is 5.91 Å². The van der Waals surface area contributed by atoms with E-state index in [0.29, 0.717) is 5.56 Å². The van der Waals surface area contributed by atoms with Crippen LogP contribution in [-0.4, -0.2) is 55.1 Å². The summed E-state index contributed by atoms with van der Waals surface area (Å²) in [6.07, 6.45) is 5.52.